The van der Waals surface area contributed by atoms with Crippen LogP contribution in [0, 0.1) is 18.8 Å². The van der Waals surface area contributed by atoms with Gasteiger partial charge < -0.3 is 10.4 Å². The zero-order valence-corrected chi connectivity index (χ0v) is 23.4. The van der Waals surface area contributed by atoms with Gasteiger partial charge in [-0.2, -0.15) is 5.10 Å². The third-order valence-corrected chi connectivity index (χ3v) is 8.49. The van der Waals surface area contributed by atoms with E-state index in [0.29, 0.717) is 22.5 Å². The number of aryl methyl sites for hydroxylation is 2. The molecule has 1 unspecified atom stereocenters. The third kappa shape index (κ3) is 6.69. The summed E-state index contributed by atoms with van der Waals surface area (Å²) >= 11 is 0. The Balaban J connectivity index is 1.57. The van der Waals surface area contributed by atoms with E-state index < -0.39 is 21.6 Å². The van der Waals surface area contributed by atoms with Crippen LogP contribution in [0.15, 0.2) is 84.0 Å². The molecule has 11 heteroatoms. The molecule has 208 valence electrons. The molecule has 10 nitrogen and oxygen atoms in total. The van der Waals surface area contributed by atoms with Crippen molar-refractivity contribution < 1.29 is 23.7 Å². The van der Waals surface area contributed by atoms with E-state index in [0.717, 1.165) is 5.69 Å². The molecule has 0 saturated heterocycles. The minimum atomic E-state index is -3.60. The SMILES string of the molecule is CCC(C(=O)O)=S(=O)(NC(=O)c1cncc(C#Cc2cccc(NC(=O)c3cc(C)nn3C)c2)c1)c1ccccc1. The molecule has 41 heavy (non-hydrogen) atoms. The van der Waals surface area contributed by atoms with E-state index in [-0.39, 0.29) is 27.7 Å². The summed E-state index contributed by atoms with van der Waals surface area (Å²) in [6.45, 7) is 3.37. The number of aromatic nitrogens is 3. The van der Waals surface area contributed by atoms with E-state index in [1.165, 1.54) is 35.3 Å². The highest BCUT2D eigenvalue weighted by Gasteiger charge is 2.25. The largest absolute Gasteiger partial charge is 0.477 e. The minimum Gasteiger partial charge on any atom is -0.477 e. The van der Waals surface area contributed by atoms with E-state index in [1.54, 1.807) is 69.4 Å². The van der Waals surface area contributed by atoms with Crippen molar-refractivity contribution in [3.05, 3.63) is 107 Å². The fourth-order valence-electron chi connectivity index (χ4n) is 4.01. The molecule has 0 aliphatic carbocycles. The highest BCUT2D eigenvalue weighted by Crippen LogP contribution is 2.15. The van der Waals surface area contributed by atoms with E-state index in [1.807, 2.05) is 0 Å². The number of carbonyl (C=O) groups is 3. The van der Waals surface area contributed by atoms with Crippen LogP contribution < -0.4 is 10.0 Å². The Morgan fingerprint density at radius 3 is 2.34 bits per heavy atom. The number of carboxylic acids is 1. The molecular weight excluding hydrogens is 542 g/mol. The summed E-state index contributed by atoms with van der Waals surface area (Å²) in [5.41, 5.74) is 2.77. The zero-order valence-electron chi connectivity index (χ0n) is 22.5. The normalized spacial score (nSPS) is 11.9. The van der Waals surface area contributed by atoms with Gasteiger partial charge in [0.15, 0.2) is 0 Å². The predicted octanol–water partition coefficient (Wildman–Crippen LogP) is 3.43. The first-order chi connectivity index (χ1) is 19.6. The van der Waals surface area contributed by atoms with Crippen molar-refractivity contribution in [1.29, 1.82) is 0 Å². The van der Waals surface area contributed by atoms with E-state index in [4.69, 9.17) is 0 Å². The summed E-state index contributed by atoms with van der Waals surface area (Å²) < 4.78 is 17.9. The number of amides is 2. The summed E-state index contributed by atoms with van der Waals surface area (Å²) in [5.74, 6) is 3.51. The Hall–Kier alpha value is -5.21. The molecule has 3 N–H and O–H groups in total. The van der Waals surface area contributed by atoms with Crippen LogP contribution in [0.25, 0.3) is 0 Å². The number of hydrogen-bond acceptors (Lipinski definition) is 6. The van der Waals surface area contributed by atoms with Gasteiger partial charge in [0.05, 0.1) is 25.9 Å². The monoisotopic (exact) mass is 569 g/mol. The Morgan fingerprint density at radius 1 is 0.951 bits per heavy atom. The van der Waals surface area contributed by atoms with Crippen LogP contribution in [0.3, 0.4) is 0 Å². The molecule has 0 aliphatic rings. The molecule has 0 bridgehead atoms. The van der Waals surface area contributed by atoms with Gasteiger partial charge in [0.2, 0.25) is 0 Å². The number of aliphatic carboxylic acids is 1. The number of rotatable bonds is 7. The number of benzene rings is 2. The summed E-state index contributed by atoms with van der Waals surface area (Å²) in [4.78, 5) is 41.6. The number of carboxylic acid groups (broad SMARTS) is 1. The molecule has 4 rings (SSSR count). The van der Waals surface area contributed by atoms with Gasteiger partial charge in [-0.05, 0) is 55.8 Å². The van der Waals surface area contributed by atoms with Gasteiger partial charge in [0, 0.05) is 36.3 Å². The van der Waals surface area contributed by atoms with Crippen LogP contribution in [0.5, 0.6) is 0 Å². The second-order valence-corrected chi connectivity index (χ2v) is 11.2. The predicted molar refractivity (Wildman–Crippen MR) is 156 cm³/mol. The van der Waals surface area contributed by atoms with Gasteiger partial charge in [0.25, 0.3) is 11.8 Å². The molecule has 0 spiro atoms. The first-order valence-corrected chi connectivity index (χ1v) is 14.1. The van der Waals surface area contributed by atoms with Crippen molar-refractivity contribution in [2.75, 3.05) is 5.32 Å². The Labute approximate surface area is 237 Å². The minimum absolute atomic E-state index is 0.0334. The standard InChI is InChI=1S/C30H27N5O5S/c1-4-27(30(38)39)41(40,25-11-6-5-7-12-25)34-28(36)23-16-22(18-31-19-23)14-13-21-9-8-10-24(17-21)32-29(37)26-15-20(2)33-35(26)3/h5-12,15-19H,4H2,1-3H3,(H,32,37)(H,38,39)(H,34,36,40). The maximum Gasteiger partial charge on any atom is 0.341 e. The van der Waals surface area contributed by atoms with Gasteiger partial charge in [-0.15, -0.1) is 0 Å². The lowest BCUT2D eigenvalue weighted by molar-refractivity contribution is -0.129. The van der Waals surface area contributed by atoms with Gasteiger partial charge in [-0.1, -0.05) is 43.0 Å². The van der Waals surface area contributed by atoms with Gasteiger partial charge in [0.1, 0.15) is 10.6 Å². The summed E-state index contributed by atoms with van der Waals surface area (Å²) in [6, 6.07) is 18.1. The van der Waals surface area contributed by atoms with Gasteiger partial charge in [-0.3, -0.25) is 24.0 Å². The zero-order chi connectivity index (χ0) is 29.6. The molecule has 2 amide bonds. The lowest BCUT2D eigenvalue weighted by Crippen LogP contribution is -2.38. The lowest BCUT2D eigenvalue weighted by atomic mass is 10.1. The van der Waals surface area contributed by atoms with Gasteiger partial charge >= 0.3 is 5.97 Å². The molecule has 0 fully saturated rings. The van der Waals surface area contributed by atoms with Crippen molar-refractivity contribution in [2.24, 2.45) is 7.05 Å². The highest BCUT2D eigenvalue weighted by atomic mass is 32.2. The van der Waals surface area contributed by atoms with Crippen molar-refractivity contribution in [3.63, 3.8) is 0 Å². The number of carbonyl (C=O) groups excluding carboxylic acids is 2. The van der Waals surface area contributed by atoms with Crippen LogP contribution in [0.2, 0.25) is 0 Å². The van der Waals surface area contributed by atoms with E-state index >= 15 is 0 Å². The fourth-order valence-corrected chi connectivity index (χ4v) is 6.11. The molecule has 2 aromatic heterocycles. The first kappa shape index (κ1) is 28.8. The summed E-state index contributed by atoms with van der Waals surface area (Å²) in [7, 11) is -1.90. The second kappa shape index (κ2) is 12.3. The molecule has 0 radical (unpaired) electrons. The quantitative estimate of drug-likeness (QED) is 0.229. The number of nitrogens with one attached hydrogen (secondary N) is 2. The average Bonchev–Trinajstić information content (AvgIpc) is 3.30. The van der Waals surface area contributed by atoms with Crippen molar-refractivity contribution in [3.8, 4) is 11.8 Å². The topological polar surface area (TPSA) is 143 Å². The Bertz CT molecular complexity index is 1830. The smallest absolute Gasteiger partial charge is 0.341 e. The third-order valence-electron chi connectivity index (χ3n) is 5.92. The number of anilines is 1. The molecule has 2 aromatic carbocycles. The second-order valence-electron chi connectivity index (χ2n) is 8.92. The van der Waals surface area contributed by atoms with Crippen molar-refractivity contribution in [1.82, 2.24) is 19.5 Å². The van der Waals surface area contributed by atoms with Crippen LogP contribution in [-0.2, 0) is 21.5 Å². The summed E-state index contributed by atoms with van der Waals surface area (Å²) in [5, 5.41) is 16.7. The van der Waals surface area contributed by atoms with Crippen LogP contribution in [-0.4, -0.2) is 46.7 Å². The molecule has 0 aliphatic heterocycles. The Kier molecular flexibility index (Phi) is 8.65. The van der Waals surface area contributed by atoms with Crippen molar-refractivity contribution in [2.45, 2.75) is 25.2 Å². The molecule has 4 aromatic rings. The van der Waals surface area contributed by atoms with Crippen molar-refractivity contribution >= 4 is 38.0 Å². The molecule has 2 heterocycles. The van der Waals surface area contributed by atoms with Crippen LogP contribution >= 0.6 is 0 Å². The summed E-state index contributed by atoms with van der Waals surface area (Å²) in [6.07, 6.45) is 2.72. The molecule has 1 atom stereocenters. The van der Waals surface area contributed by atoms with Crippen LogP contribution in [0.4, 0.5) is 5.69 Å². The van der Waals surface area contributed by atoms with E-state index in [2.05, 4.69) is 32.0 Å². The van der Waals surface area contributed by atoms with Crippen LogP contribution in [0.1, 0.15) is 51.0 Å². The van der Waals surface area contributed by atoms with Gasteiger partial charge in [-0.25, -0.2) is 9.00 Å². The van der Waals surface area contributed by atoms with E-state index in [9.17, 15) is 23.7 Å². The number of hydrogen-bond donors (Lipinski definition) is 3. The highest BCUT2D eigenvalue weighted by molar-refractivity contribution is 8.02. The molecule has 0 saturated carbocycles. The first-order valence-electron chi connectivity index (χ1n) is 12.5. The maximum atomic E-state index is 13.9. The number of pyridine rings is 1. The average molecular weight is 570 g/mol. The number of nitrogens with zero attached hydrogens (tertiary/aromatic N) is 3. The maximum absolute atomic E-state index is 13.9. The Morgan fingerprint density at radius 2 is 1.68 bits per heavy atom. The fraction of sp³-hybridized carbons (Fsp3) is 0.133. The molecular formula is C30H27N5O5S. The lowest BCUT2D eigenvalue weighted by Gasteiger charge is -2.17.